The summed E-state index contributed by atoms with van der Waals surface area (Å²) < 4.78 is 27.4. The van der Waals surface area contributed by atoms with E-state index in [-0.39, 0.29) is 11.5 Å². The SMILES string of the molecule is Cc1ccc(NS(=O)(=O)c2ccc(C)c(CO)c2)c(C)c1. The molecule has 0 atom stereocenters. The lowest BCUT2D eigenvalue weighted by atomic mass is 10.1. The van der Waals surface area contributed by atoms with Crippen LogP contribution >= 0.6 is 0 Å². The second kappa shape index (κ2) is 5.87. The number of hydrogen-bond acceptors (Lipinski definition) is 3. The third kappa shape index (κ3) is 3.43. The van der Waals surface area contributed by atoms with Gasteiger partial charge in [-0.3, -0.25) is 4.72 Å². The van der Waals surface area contributed by atoms with E-state index in [0.29, 0.717) is 11.3 Å². The van der Waals surface area contributed by atoms with Crippen LogP contribution in [0.3, 0.4) is 0 Å². The lowest BCUT2D eigenvalue weighted by molar-refractivity contribution is 0.281. The number of anilines is 1. The van der Waals surface area contributed by atoms with Crippen molar-refractivity contribution in [3.05, 3.63) is 58.7 Å². The molecule has 0 bridgehead atoms. The van der Waals surface area contributed by atoms with Gasteiger partial charge in [0.15, 0.2) is 0 Å². The van der Waals surface area contributed by atoms with Crippen LogP contribution in [0, 0.1) is 20.8 Å². The van der Waals surface area contributed by atoms with E-state index in [0.717, 1.165) is 16.7 Å². The fourth-order valence-corrected chi connectivity index (χ4v) is 3.30. The fraction of sp³-hybridized carbons (Fsp3) is 0.250. The fourth-order valence-electron chi connectivity index (χ4n) is 2.12. The molecule has 0 radical (unpaired) electrons. The lowest BCUT2D eigenvalue weighted by Gasteiger charge is -2.12. The van der Waals surface area contributed by atoms with Gasteiger partial charge in [0.2, 0.25) is 0 Å². The summed E-state index contributed by atoms with van der Waals surface area (Å²) in [4.78, 5) is 0.150. The Hall–Kier alpha value is -1.85. The Labute approximate surface area is 125 Å². The van der Waals surface area contributed by atoms with Crippen LogP contribution in [0.5, 0.6) is 0 Å². The van der Waals surface area contributed by atoms with Crippen LogP contribution < -0.4 is 4.72 Å². The number of hydrogen-bond donors (Lipinski definition) is 2. The van der Waals surface area contributed by atoms with Crippen LogP contribution in [0.1, 0.15) is 22.3 Å². The summed E-state index contributed by atoms with van der Waals surface area (Å²) in [6, 6.07) is 10.3. The average Bonchev–Trinajstić information content (AvgIpc) is 2.42. The smallest absolute Gasteiger partial charge is 0.261 e. The molecule has 112 valence electrons. The molecule has 0 fully saturated rings. The predicted octanol–water partition coefficient (Wildman–Crippen LogP) is 2.90. The van der Waals surface area contributed by atoms with Gasteiger partial charge in [0.25, 0.3) is 10.0 Å². The van der Waals surface area contributed by atoms with Crippen molar-refractivity contribution in [2.45, 2.75) is 32.3 Å². The topological polar surface area (TPSA) is 66.4 Å². The number of aryl methyl sites for hydroxylation is 3. The minimum atomic E-state index is -3.66. The molecule has 4 nitrogen and oxygen atoms in total. The number of rotatable bonds is 4. The van der Waals surface area contributed by atoms with Gasteiger partial charge in [-0.1, -0.05) is 23.8 Å². The molecule has 0 aliphatic heterocycles. The number of nitrogens with one attached hydrogen (secondary N) is 1. The molecule has 0 aliphatic rings. The first-order valence-corrected chi connectivity index (χ1v) is 8.12. The number of benzene rings is 2. The van der Waals surface area contributed by atoms with Crippen molar-refractivity contribution in [2.75, 3.05) is 4.72 Å². The minimum absolute atomic E-state index is 0.150. The van der Waals surface area contributed by atoms with Gasteiger partial charge >= 0.3 is 0 Å². The Morgan fingerprint density at radius 1 is 1.00 bits per heavy atom. The molecule has 0 saturated heterocycles. The van der Waals surface area contributed by atoms with Gasteiger partial charge < -0.3 is 5.11 Å². The zero-order valence-electron chi connectivity index (χ0n) is 12.3. The maximum absolute atomic E-state index is 12.4. The second-order valence-electron chi connectivity index (χ2n) is 5.17. The Kier molecular flexibility index (Phi) is 4.34. The van der Waals surface area contributed by atoms with Gasteiger partial charge in [0.1, 0.15) is 0 Å². The molecule has 2 rings (SSSR count). The number of sulfonamides is 1. The Bertz CT molecular complexity index is 767. The van der Waals surface area contributed by atoms with Crippen LogP contribution in [-0.4, -0.2) is 13.5 Å². The summed E-state index contributed by atoms with van der Waals surface area (Å²) in [6.45, 7) is 5.47. The molecular formula is C16H19NO3S. The molecule has 0 saturated carbocycles. The van der Waals surface area contributed by atoms with Crippen LogP contribution in [0.15, 0.2) is 41.3 Å². The van der Waals surface area contributed by atoms with Crippen LogP contribution in [0.4, 0.5) is 5.69 Å². The first-order valence-electron chi connectivity index (χ1n) is 6.64. The van der Waals surface area contributed by atoms with Crippen molar-refractivity contribution in [3.8, 4) is 0 Å². The van der Waals surface area contributed by atoms with E-state index in [2.05, 4.69) is 4.72 Å². The zero-order valence-corrected chi connectivity index (χ0v) is 13.2. The standard InChI is InChI=1S/C16H19NO3S/c1-11-4-7-16(13(3)8-11)17-21(19,20)15-6-5-12(2)14(9-15)10-18/h4-9,17-18H,10H2,1-3H3. The molecule has 0 aliphatic carbocycles. The Morgan fingerprint density at radius 3 is 2.33 bits per heavy atom. The summed E-state index contributed by atoms with van der Waals surface area (Å²) in [5.41, 5.74) is 3.98. The molecule has 0 amide bonds. The number of aliphatic hydroxyl groups excluding tert-OH is 1. The maximum atomic E-state index is 12.4. The first kappa shape index (κ1) is 15.5. The van der Waals surface area contributed by atoms with Crippen molar-refractivity contribution >= 4 is 15.7 Å². The lowest BCUT2D eigenvalue weighted by Crippen LogP contribution is -2.14. The van der Waals surface area contributed by atoms with Crippen LogP contribution in [0.25, 0.3) is 0 Å². The summed E-state index contributed by atoms with van der Waals surface area (Å²) in [5, 5.41) is 9.26. The molecule has 2 N–H and O–H groups in total. The Balaban J connectivity index is 2.38. The average molecular weight is 305 g/mol. The highest BCUT2D eigenvalue weighted by Crippen LogP contribution is 2.22. The molecular weight excluding hydrogens is 286 g/mol. The highest BCUT2D eigenvalue weighted by Gasteiger charge is 2.16. The van der Waals surface area contributed by atoms with Crippen molar-refractivity contribution in [2.24, 2.45) is 0 Å². The van der Waals surface area contributed by atoms with E-state index >= 15 is 0 Å². The van der Waals surface area contributed by atoms with Gasteiger partial charge in [0.05, 0.1) is 17.2 Å². The minimum Gasteiger partial charge on any atom is -0.392 e. The van der Waals surface area contributed by atoms with Gasteiger partial charge in [-0.15, -0.1) is 0 Å². The van der Waals surface area contributed by atoms with E-state index < -0.39 is 10.0 Å². The highest BCUT2D eigenvalue weighted by atomic mass is 32.2. The van der Waals surface area contributed by atoms with Gasteiger partial charge in [0, 0.05) is 0 Å². The summed E-state index contributed by atoms with van der Waals surface area (Å²) in [5.74, 6) is 0. The molecule has 2 aromatic rings. The van der Waals surface area contributed by atoms with Crippen molar-refractivity contribution in [3.63, 3.8) is 0 Å². The third-order valence-corrected chi connectivity index (χ3v) is 4.79. The third-order valence-electron chi connectivity index (χ3n) is 3.43. The van der Waals surface area contributed by atoms with Crippen LogP contribution in [0.2, 0.25) is 0 Å². The van der Waals surface area contributed by atoms with E-state index in [1.165, 1.54) is 6.07 Å². The Morgan fingerprint density at radius 2 is 1.71 bits per heavy atom. The maximum Gasteiger partial charge on any atom is 0.261 e. The molecule has 0 heterocycles. The summed E-state index contributed by atoms with van der Waals surface area (Å²) in [7, 11) is -3.66. The molecule has 0 aromatic heterocycles. The van der Waals surface area contributed by atoms with E-state index in [1.807, 2.05) is 32.9 Å². The second-order valence-corrected chi connectivity index (χ2v) is 6.85. The highest BCUT2D eigenvalue weighted by molar-refractivity contribution is 7.92. The monoisotopic (exact) mass is 305 g/mol. The van der Waals surface area contributed by atoms with Gasteiger partial charge in [-0.05, 0) is 55.7 Å². The molecule has 0 unspecified atom stereocenters. The summed E-state index contributed by atoms with van der Waals surface area (Å²) >= 11 is 0. The van der Waals surface area contributed by atoms with E-state index in [1.54, 1.807) is 18.2 Å². The number of aliphatic hydroxyl groups is 1. The largest absolute Gasteiger partial charge is 0.392 e. The summed E-state index contributed by atoms with van der Waals surface area (Å²) in [6.07, 6.45) is 0. The van der Waals surface area contributed by atoms with Crippen LogP contribution in [-0.2, 0) is 16.6 Å². The normalized spacial score (nSPS) is 11.4. The molecule has 2 aromatic carbocycles. The quantitative estimate of drug-likeness (QED) is 0.912. The van der Waals surface area contributed by atoms with E-state index in [9.17, 15) is 13.5 Å². The van der Waals surface area contributed by atoms with Gasteiger partial charge in [-0.2, -0.15) is 0 Å². The first-order chi connectivity index (χ1) is 9.83. The van der Waals surface area contributed by atoms with Crippen molar-refractivity contribution < 1.29 is 13.5 Å². The predicted molar refractivity (Wildman–Crippen MR) is 83.8 cm³/mol. The molecule has 0 spiro atoms. The van der Waals surface area contributed by atoms with Gasteiger partial charge in [-0.25, -0.2) is 8.42 Å². The molecule has 5 heteroatoms. The molecule has 21 heavy (non-hydrogen) atoms. The van der Waals surface area contributed by atoms with Crippen molar-refractivity contribution in [1.29, 1.82) is 0 Å². The van der Waals surface area contributed by atoms with E-state index in [4.69, 9.17) is 0 Å². The van der Waals surface area contributed by atoms with Crippen molar-refractivity contribution in [1.82, 2.24) is 0 Å². The zero-order chi connectivity index (χ0) is 15.6.